The Morgan fingerprint density at radius 2 is 1.88 bits per heavy atom. The standard InChI is InChI=1S/C20H28N2O3/c1-13(10-15(3)23)12-21-20(24)19-11-14(2)22(16(19)4)17-6-8-18(25-5)9-7-17/h6-9,11,13,15,23H,10,12H2,1-5H3,(H,21,24). The number of ether oxygens (including phenoxy) is 1. The maximum atomic E-state index is 12.5. The van der Waals surface area contributed by atoms with Crippen molar-refractivity contribution in [2.75, 3.05) is 13.7 Å². The molecule has 1 amide bonds. The molecule has 1 aromatic carbocycles. The highest BCUT2D eigenvalue weighted by atomic mass is 16.5. The fourth-order valence-electron chi connectivity index (χ4n) is 3.15. The van der Waals surface area contributed by atoms with Crippen LogP contribution in [0.1, 0.15) is 42.0 Å². The second-order valence-corrected chi connectivity index (χ2v) is 6.72. The Morgan fingerprint density at radius 1 is 1.24 bits per heavy atom. The van der Waals surface area contributed by atoms with Crippen molar-refractivity contribution in [2.45, 2.75) is 40.2 Å². The van der Waals surface area contributed by atoms with Crippen molar-refractivity contribution in [3.8, 4) is 11.4 Å². The zero-order valence-electron chi connectivity index (χ0n) is 15.7. The van der Waals surface area contributed by atoms with Gasteiger partial charge in [-0.3, -0.25) is 4.79 Å². The molecular formula is C20H28N2O3. The van der Waals surface area contributed by atoms with Gasteiger partial charge in [0, 0.05) is 23.6 Å². The molecule has 0 fully saturated rings. The summed E-state index contributed by atoms with van der Waals surface area (Å²) in [5, 5.41) is 12.4. The van der Waals surface area contributed by atoms with Crippen LogP contribution in [0.25, 0.3) is 5.69 Å². The van der Waals surface area contributed by atoms with Crippen molar-refractivity contribution in [1.29, 1.82) is 0 Å². The van der Waals surface area contributed by atoms with Crippen LogP contribution in [0.2, 0.25) is 0 Å². The lowest BCUT2D eigenvalue weighted by Gasteiger charge is -2.14. The van der Waals surface area contributed by atoms with Gasteiger partial charge in [0.05, 0.1) is 18.8 Å². The Kier molecular flexibility index (Phi) is 6.26. The summed E-state index contributed by atoms with van der Waals surface area (Å²) >= 11 is 0. The largest absolute Gasteiger partial charge is 0.497 e. The van der Waals surface area contributed by atoms with E-state index < -0.39 is 0 Å². The first kappa shape index (κ1) is 19.1. The van der Waals surface area contributed by atoms with Gasteiger partial charge in [-0.25, -0.2) is 0 Å². The molecule has 0 aliphatic carbocycles. The highest BCUT2D eigenvalue weighted by Crippen LogP contribution is 2.22. The minimum atomic E-state index is -0.355. The number of carbonyl (C=O) groups excluding carboxylic acids is 1. The Balaban J connectivity index is 2.16. The molecule has 2 N–H and O–H groups in total. The van der Waals surface area contributed by atoms with E-state index in [2.05, 4.69) is 9.88 Å². The summed E-state index contributed by atoms with van der Waals surface area (Å²) < 4.78 is 7.26. The lowest BCUT2D eigenvalue weighted by Crippen LogP contribution is -2.29. The van der Waals surface area contributed by atoms with Crippen molar-refractivity contribution >= 4 is 5.91 Å². The number of nitrogens with one attached hydrogen (secondary N) is 1. The number of amides is 1. The van der Waals surface area contributed by atoms with Crippen molar-refractivity contribution < 1.29 is 14.6 Å². The van der Waals surface area contributed by atoms with Crippen LogP contribution in [0.4, 0.5) is 0 Å². The fraction of sp³-hybridized carbons (Fsp3) is 0.450. The Morgan fingerprint density at radius 3 is 2.44 bits per heavy atom. The molecule has 1 heterocycles. The minimum absolute atomic E-state index is 0.0784. The smallest absolute Gasteiger partial charge is 0.253 e. The number of aliphatic hydroxyl groups is 1. The zero-order valence-corrected chi connectivity index (χ0v) is 15.7. The minimum Gasteiger partial charge on any atom is -0.497 e. The summed E-state index contributed by atoms with van der Waals surface area (Å²) in [5.74, 6) is 0.954. The zero-order chi connectivity index (χ0) is 18.6. The molecule has 2 rings (SSSR count). The molecule has 2 unspecified atom stereocenters. The third kappa shape index (κ3) is 4.63. The SMILES string of the molecule is COc1ccc(-n2c(C)cc(C(=O)NCC(C)CC(C)O)c2C)cc1. The first-order valence-corrected chi connectivity index (χ1v) is 8.63. The lowest BCUT2D eigenvalue weighted by atomic mass is 10.0. The lowest BCUT2D eigenvalue weighted by molar-refractivity contribution is 0.0939. The molecule has 0 saturated carbocycles. The van der Waals surface area contributed by atoms with E-state index >= 15 is 0 Å². The summed E-state index contributed by atoms with van der Waals surface area (Å²) in [6.45, 7) is 8.28. The van der Waals surface area contributed by atoms with Crippen molar-refractivity contribution in [2.24, 2.45) is 5.92 Å². The number of aliphatic hydroxyl groups excluding tert-OH is 1. The molecule has 0 aliphatic rings. The van der Waals surface area contributed by atoms with Gasteiger partial charge in [-0.1, -0.05) is 6.92 Å². The average Bonchev–Trinajstić information content (AvgIpc) is 2.87. The number of aryl methyl sites for hydroxylation is 1. The predicted octanol–water partition coefficient (Wildman–Crippen LogP) is 3.24. The first-order valence-electron chi connectivity index (χ1n) is 8.63. The van der Waals surface area contributed by atoms with Crippen LogP contribution in [0.3, 0.4) is 0 Å². The van der Waals surface area contributed by atoms with Crippen LogP contribution >= 0.6 is 0 Å². The van der Waals surface area contributed by atoms with E-state index in [-0.39, 0.29) is 17.9 Å². The van der Waals surface area contributed by atoms with Crippen LogP contribution < -0.4 is 10.1 Å². The van der Waals surface area contributed by atoms with Gasteiger partial charge < -0.3 is 19.7 Å². The third-order valence-electron chi connectivity index (χ3n) is 4.36. The number of carbonyl (C=O) groups is 1. The number of methoxy groups -OCH3 is 1. The molecule has 0 radical (unpaired) electrons. The number of hydrogen-bond acceptors (Lipinski definition) is 3. The molecule has 2 atom stereocenters. The quantitative estimate of drug-likeness (QED) is 0.810. The monoisotopic (exact) mass is 344 g/mol. The summed E-state index contributed by atoms with van der Waals surface area (Å²) in [6.07, 6.45) is 0.317. The van der Waals surface area contributed by atoms with Gasteiger partial charge in [0.1, 0.15) is 5.75 Å². The molecule has 25 heavy (non-hydrogen) atoms. The van der Waals surface area contributed by atoms with E-state index in [0.717, 1.165) is 22.8 Å². The van der Waals surface area contributed by atoms with Gasteiger partial charge >= 0.3 is 0 Å². The molecule has 5 heteroatoms. The Bertz CT molecular complexity index is 717. The molecule has 2 aromatic rings. The number of hydrogen-bond donors (Lipinski definition) is 2. The van der Waals surface area contributed by atoms with Crippen LogP contribution in [0, 0.1) is 19.8 Å². The maximum Gasteiger partial charge on any atom is 0.253 e. The van der Waals surface area contributed by atoms with Crippen LogP contribution in [0.5, 0.6) is 5.75 Å². The molecule has 1 aromatic heterocycles. The Hall–Kier alpha value is -2.27. The average molecular weight is 344 g/mol. The molecule has 0 aliphatic heterocycles. The van der Waals surface area contributed by atoms with E-state index in [9.17, 15) is 9.90 Å². The van der Waals surface area contributed by atoms with Gasteiger partial charge in [-0.2, -0.15) is 0 Å². The topological polar surface area (TPSA) is 63.5 Å². The highest BCUT2D eigenvalue weighted by molar-refractivity contribution is 5.95. The predicted molar refractivity (Wildman–Crippen MR) is 99.6 cm³/mol. The summed E-state index contributed by atoms with van der Waals surface area (Å²) in [7, 11) is 1.64. The van der Waals surface area contributed by atoms with Gasteiger partial charge in [0.15, 0.2) is 0 Å². The van der Waals surface area contributed by atoms with Crippen molar-refractivity contribution in [1.82, 2.24) is 9.88 Å². The summed E-state index contributed by atoms with van der Waals surface area (Å²) in [5.41, 5.74) is 3.59. The second-order valence-electron chi connectivity index (χ2n) is 6.72. The van der Waals surface area contributed by atoms with Crippen LogP contribution in [0.15, 0.2) is 30.3 Å². The maximum absolute atomic E-state index is 12.5. The second kappa shape index (κ2) is 8.21. The van der Waals surface area contributed by atoms with Gasteiger partial charge in [-0.15, -0.1) is 0 Å². The number of aromatic nitrogens is 1. The highest BCUT2D eigenvalue weighted by Gasteiger charge is 2.17. The number of rotatable bonds is 7. The molecule has 0 saturated heterocycles. The molecular weight excluding hydrogens is 316 g/mol. The number of nitrogens with zero attached hydrogens (tertiary/aromatic N) is 1. The van der Waals surface area contributed by atoms with Crippen LogP contribution in [-0.2, 0) is 0 Å². The molecule has 5 nitrogen and oxygen atoms in total. The van der Waals surface area contributed by atoms with Crippen molar-refractivity contribution in [3.05, 3.63) is 47.3 Å². The van der Waals surface area contributed by atoms with Gasteiger partial charge in [-0.05, 0) is 63.4 Å². The van der Waals surface area contributed by atoms with E-state index in [1.54, 1.807) is 14.0 Å². The third-order valence-corrected chi connectivity index (χ3v) is 4.36. The normalized spacial score (nSPS) is 13.4. The van der Waals surface area contributed by atoms with Crippen molar-refractivity contribution in [3.63, 3.8) is 0 Å². The number of benzene rings is 1. The van der Waals surface area contributed by atoms with E-state index in [1.807, 2.05) is 51.1 Å². The fourth-order valence-corrected chi connectivity index (χ4v) is 3.15. The van der Waals surface area contributed by atoms with Crippen LogP contribution in [-0.4, -0.2) is 35.3 Å². The summed E-state index contributed by atoms with van der Waals surface area (Å²) in [4.78, 5) is 12.5. The molecule has 136 valence electrons. The van der Waals surface area contributed by atoms with Gasteiger partial charge in [0.25, 0.3) is 5.91 Å². The van der Waals surface area contributed by atoms with E-state index in [0.29, 0.717) is 18.5 Å². The summed E-state index contributed by atoms with van der Waals surface area (Å²) in [6, 6.07) is 9.68. The molecule has 0 spiro atoms. The van der Waals surface area contributed by atoms with E-state index in [1.165, 1.54) is 0 Å². The Labute approximate surface area is 149 Å². The van der Waals surface area contributed by atoms with Gasteiger partial charge in [0.2, 0.25) is 0 Å². The first-order chi connectivity index (χ1) is 11.8. The molecule has 0 bridgehead atoms. The van der Waals surface area contributed by atoms with E-state index in [4.69, 9.17) is 4.74 Å².